The Bertz CT molecular complexity index is 445. The van der Waals surface area contributed by atoms with Crippen LogP contribution in [0.5, 0.6) is 0 Å². The normalized spacial score (nSPS) is 31.4. The Morgan fingerprint density at radius 2 is 2.00 bits per heavy atom. The zero-order valence-electron chi connectivity index (χ0n) is 12.5. The fourth-order valence-electron chi connectivity index (χ4n) is 4.30. The molecule has 2 nitrogen and oxygen atoms in total. The summed E-state index contributed by atoms with van der Waals surface area (Å²) < 4.78 is 0. The van der Waals surface area contributed by atoms with Crippen molar-refractivity contribution in [2.75, 3.05) is 19.6 Å². The quantitative estimate of drug-likeness (QED) is 0.910. The van der Waals surface area contributed by atoms with Crippen molar-refractivity contribution in [3.63, 3.8) is 0 Å². The van der Waals surface area contributed by atoms with Gasteiger partial charge in [0.15, 0.2) is 0 Å². The molecule has 2 fully saturated rings. The lowest BCUT2D eigenvalue weighted by Crippen LogP contribution is -2.37. The number of rotatable bonds is 4. The molecule has 110 valence electrons. The molecule has 0 bridgehead atoms. The number of nitrogens with one attached hydrogen (secondary N) is 1. The number of likely N-dealkylation sites (tertiary alicyclic amines) is 1. The molecule has 3 rings (SSSR count). The predicted octanol–water partition coefficient (Wildman–Crippen LogP) is 3.72. The molecule has 0 aromatic heterocycles. The van der Waals surface area contributed by atoms with E-state index in [1.165, 1.54) is 38.0 Å². The van der Waals surface area contributed by atoms with Crippen molar-refractivity contribution in [1.29, 1.82) is 0 Å². The van der Waals surface area contributed by atoms with Gasteiger partial charge in [0.2, 0.25) is 0 Å². The highest BCUT2D eigenvalue weighted by Gasteiger charge is 2.45. The summed E-state index contributed by atoms with van der Waals surface area (Å²) in [6, 6.07) is 9.74. The third-order valence-electron chi connectivity index (χ3n) is 5.22. The SMILES string of the molecule is CCC(c1ccc(Cl)cc1)N1CC2CNCC2C1CC. The summed E-state index contributed by atoms with van der Waals surface area (Å²) in [5.41, 5.74) is 1.42. The monoisotopic (exact) mass is 292 g/mol. The van der Waals surface area contributed by atoms with Crippen LogP contribution in [0.3, 0.4) is 0 Å². The van der Waals surface area contributed by atoms with E-state index < -0.39 is 0 Å². The molecule has 20 heavy (non-hydrogen) atoms. The van der Waals surface area contributed by atoms with Crippen molar-refractivity contribution in [1.82, 2.24) is 10.2 Å². The van der Waals surface area contributed by atoms with E-state index in [2.05, 4.69) is 36.2 Å². The summed E-state index contributed by atoms with van der Waals surface area (Å²) in [6.07, 6.45) is 2.43. The minimum Gasteiger partial charge on any atom is -0.316 e. The smallest absolute Gasteiger partial charge is 0.0406 e. The maximum absolute atomic E-state index is 6.03. The third kappa shape index (κ3) is 2.49. The highest BCUT2D eigenvalue weighted by Crippen LogP contribution is 2.40. The Kier molecular flexibility index (Phi) is 4.34. The molecule has 3 heteroatoms. The van der Waals surface area contributed by atoms with Crippen molar-refractivity contribution >= 4 is 11.6 Å². The molecule has 0 radical (unpaired) electrons. The molecule has 4 unspecified atom stereocenters. The van der Waals surface area contributed by atoms with Gasteiger partial charge in [0.1, 0.15) is 0 Å². The molecule has 1 N–H and O–H groups in total. The summed E-state index contributed by atoms with van der Waals surface area (Å²) in [6.45, 7) is 8.30. The van der Waals surface area contributed by atoms with Crippen LogP contribution in [0.25, 0.3) is 0 Å². The number of hydrogen-bond acceptors (Lipinski definition) is 2. The molecule has 4 atom stereocenters. The van der Waals surface area contributed by atoms with E-state index in [1.807, 2.05) is 12.1 Å². The van der Waals surface area contributed by atoms with Crippen molar-refractivity contribution in [2.45, 2.75) is 38.8 Å². The zero-order chi connectivity index (χ0) is 14.1. The summed E-state index contributed by atoms with van der Waals surface area (Å²) in [4.78, 5) is 2.76. The van der Waals surface area contributed by atoms with Gasteiger partial charge in [-0.05, 0) is 55.5 Å². The number of nitrogens with zero attached hydrogens (tertiary/aromatic N) is 1. The molecular formula is C17H25ClN2. The van der Waals surface area contributed by atoms with E-state index in [1.54, 1.807) is 0 Å². The topological polar surface area (TPSA) is 15.3 Å². The fourth-order valence-corrected chi connectivity index (χ4v) is 4.42. The van der Waals surface area contributed by atoms with Gasteiger partial charge in [-0.1, -0.05) is 37.6 Å². The van der Waals surface area contributed by atoms with Crippen LogP contribution >= 0.6 is 11.6 Å². The van der Waals surface area contributed by atoms with Crippen LogP contribution in [0.1, 0.15) is 38.3 Å². The maximum atomic E-state index is 6.03. The van der Waals surface area contributed by atoms with E-state index in [9.17, 15) is 0 Å². The van der Waals surface area contributed by atoms with Gasteiger partial charge in [0.25, 0.3) is 0 Å². The Labute approximate surface area is 127 Å². The molecule has 0 saturated carbocycles. The van der Waals surface area contributed by atoms with Gasteiger partial charge in [-0.25, -0.2) is 0 Å². The number of halogens is 1. The number of hydrogen-bond donors (Lipinski definition) is 1. The van der Waals surface area contributed by atoms with E-state index in [4.69, 9.17) is 11.6 Å². The Hall–Kier alpha value is -0.570. The fraction of sp³-hybridized carbons (Fsp3) is 0.647. The van der Waals surface area contributed by atoms with Crippen LogP contribution in [0.15, 0.2) is 24.3 Å². The Morgan fingerprint density at radius 1 is 1.25 bits per heavy atom. The van der Waals surface area contributed by atoms with Crippen molar-refractivity contribution in [3.8, 4) is 0 Å². The van der Waals surface area contributed by atoms with Gasteiger partial charge in [-0.15, -0.1) is 0 Å². The van der Waals surface area contributed by atoms with Crippen molar-refractivity contribution in [2.24, 2.45) is 11.8 Å². The molecule has 2 aliphatic rings. The molecule has 1 aromatic carbocycles. The second-order valence-electron chi connectivity index (χ2n) is 6.23. The standard InChI is InChI=1S/C17H25ClN2/c1-3-16(12-5-7-14(18)8-6-12)20-11-13-9-19-10-15(13)17(20)4-2/h5-8,13,15-17,19H,3-4,9-11H2,1-2H3. The average molecular weight is 293 g/mol. The second kappa shape index (κ2) is 6.05. The molecule has 0 spiro atoms. The molecule has 2 saturated heterocycles. The molecule has 0 aliphatic carbocycles. The largest absolute Gasteiger partial charge is 0.316 e. The van der Waals surface area contributed by atoms with Crippen LogP contribution in [0, 0.1) is 11.8 Å². The number of fused-ring (bicyclic) bond motifs is 1. The van der Waals surface area contributed by atoms with E-state index >= 15 is 0 Å². The van der Waals surface area contributed by atoms with Crippen LogP contribution in [-0.2, 0) is 0 Å². The van der Waals surface area contributed by atoms with Crippen LogP contribution in [0.4, 0.5) is 0 Å². The van der Waals surface area contributed by atoms with Gasteiger partial charge in [0, 0.05) is 23.7 Å². The highest BCUT2D eigenvalue weighted by atomic mass is 35.5. The van der Waals surface area contributed by atoms with Gasteiger partial charge in [-0.2, -0.15) is 0 Å². The van der Waals surface area contributed by atoms with E-state index in [0.29, 0.717) is 6.04 Å². The average Bonchev–Trinajstić information content (AvgIpc) is 3.02. The second-order valence-corrected chi connectivity index (χ2v) is 6.67. The first-order chi connectivity index (χ1) is 9.74. The van der Waals surface area contributed by atoms with Gasteiger partial charge in [-0.3, -0.25) is 4.90 Å². The van der Waals surface area contributed by atoms with E-state index in [0.717, 1.165) is 22.9 Å². The Balaban J connectivity index is 1.83. The minimum absolute atomic E-state index is 0.544. The maximum Gasteiger partial charge on any atom is 0.0406 e. The predicted molar refractivity (Wildman–Crippen MR) is 85.1 cm³/mol. The Morgan fingerprint density at radius 3 is 2.65 bits per heavy atom. The van der Waals surface area contributed by atoms with Crippen LogP contribution in [-0.4, -0.2) is 30.6 Å². The zero-order valence-corrected chi connectivity index (χ0v) is 13.2. The summed E-state index contributed by atoms with van der Waals surface area (Å²) >= 11 is 6.03. The molecule has 0 amide bonds. The first-order valence-corrected chi connectivity index (χ1v) is 8.34. The van der Waals surface area contributed by atoms with Crippen molar-refractivity contribution < 1.29 is 0 Å². The lowest BCUT2D eigenvalue weighted by molar-refractivity contribution is 0.150. The van der Waals surface area contributed by atoms with Gasteiger partial charge >= 0.3 is 0 Å². The lowest BCUT2D eigenvalue weighted by Gasteiger charge is -2.34. The van der Waals surface area contributed by atoms with Crippen LogP contribution in [0.2, 0.25) is 5.02 Å². The van der Waals surface area contributed by atoms with Crippen molar-refractivity contribution in [3.05, 3.63) is 34.9 Å². The lowest BCUT2D eigenvalue weighted by atomic mass is 9.92. The molecule has 1 aromatic rings. The summed E-state index contributed by atoms with van der Waals surface area (Å²) in [7, 11) is 0. The third-order valence-corrected chi connectivity index (χ3v) is 5.47. The molecule has 2 aliphatic heterocycles. The first-order valence-electron chi connectivity index (χ1n) is 7.96. The molecular weight excluding hydrogens is 268 g/mol. The number of benzene rings is 1. The minimum atomic E-state index is 0.544. The molecule has 2 heterocycles. The van der Waals surface area contributed by atoms with Gasteiger partial charge < -0.3 is 5.32 Å². The van der Waals surface area contributed by atoms with Crippen LogP contribution < -0.4 is 5.32 Å². The van der Waals surface area contributed by atoms with Gasteiger partial charge in [0.05, 0.1) is 0 Å². The summed E-state index contributed by atoms with van der Waals surface area (Å²) in [5.74, 6) is 1.70. The van der Waals surface area contributed by atoms with E-state index in [-0.39, 0.29) is 0 Å². The first kappa shape index (κ1) is 14.4. The summed E-state index contributed by atoms with van der Waals surface area (Å²) in [5, 5.41) is 4.40. The highest BCUT2D eigenvalue weighted by molar-refractivity contribution is 6.30.